The summed E-state index contributed by atoms with van der Waals surface area (Å²) in [5.41, 5.74) is 0.793. The fourth-order valence-electron chi connectivity index (χ4n) is 1.93. The van der Waals surface area contributed by atoms with Gasteiger partial charge in [0, 0.05) is 3.57 Å². The summed E-state index contributed by atoms with van der Waals surface area (Å²) < 4.78 is 42.6. The third kappa shape index (κ3) is 5.54. The molecule has 0 spiro atoms. The molecular weight excluding hydrogens is 548 g/mol. The summed E-state index contributed by atoms with van der Waals surface area (Å²) in [4.78, 5) is 17.0. The van der Waals surface area contributed by atoms with Crippen molar-refractivity contribution in [3.05, 3.63) is 55.3 Å². The summed E-state index contributed by atoms with van der Waals surface area (Å²) in [7, 11) is 0. The molecule has 0 saturated heterocycles. The molecule has 0 aromatic heterocycles. The number of amides is 1. The number of aliphatic hydroxyl groups excluding tert-OH is 2. The van der Waals surface area contributed by atoms with Crippen LogP contribution in [-0.4, -0.2) is 35.4 Å². The van der Waals surface area contributed by atoms with E-state index >= 15 is 0 Å². The zero-order valence-corrected chi connectivity index (χ0v) is 17.1. The molecule has 0 aliphatic rings. The number of benzene rings is 2. The van der Waals surface area contributed by atoms with E-state index in [0.717, 1.165) is 6.07 Å². The number of carbonyl (C=O) groups is 1. The Bertz CT molecular complexity index is 857. The van der Waals surface area contributed by atoms with Gasteiger partial charge in [0.05, 0.1) is 28.0 Å². The van der Waals surface area contributed by atoms with Crippen molar-refractivity contribution in [3.63, 3.8) is 0 Å². The number of hydrogen-bond acceptors (Lipinski definition) is 5. The first-order valence-corrected chi connectivity index (χ1v) is 9.22. The number of nitrogens with one attached hydrogen (secondary N) is 2. The van der Waals surface area contributed by atoms with Crippen molar-refractivity contribution in [1.29, 1.82) is 0 Å². The first kappa shape index (κ1) is 21.9. The van der Waals surface area contributed by atoms with Crippen molar-refractivity contribution in [2.24, 2.45) is 0 Å². The van der Waals surface area contributed by atoms with Gasteiger partial charge < -0.3 is 15.5 Å². The van der Waals surface area contributed by atoms with Gasteiger partial charge in [0.15, 0.2) is 11.6 Å². The summed E-state index contributed by atoms with van der Waals surface area (Å²) in [5.74, 6) is -4.37. The molecule has 2 aromatic rings. The smallest absolute Gasteiger partial charge is 0.277 e. The Morgan fingerprint density at radius 3 is 2.59 bits per heavy atom. The molecule has 146 valence electrons. The zero-order valence-electron chi connectivity index (χ0n) is 13.4. The molecule has 0 fully saturated rings. The number of hydrogen-bond donors (Lipinski definition) is 4. The number of anilines is 2. The Labute approximate surface area is 173 Å². The highest BCUT2D eigenvalue weighted by Gasteiger charge is 2.23. The van der Waals surface area contributed by atoms with Crippen LogP contribution in [0.4, 0.5) is 24.5 Å². The lowest BCUT2D eigenvalue weighted by atomic mass is 10.1. The molecule has 0 aliphatic heterocycles. The lowest BCUT2D eigenvalue weighted by Gasteiger charge is -2.16. The van der Waals surface area contributed by atoms with Crippen LogP contribution in [0.2, 0.25) is 0 Å². The summed E-state index contributed by atoms with van der Waals surface area (Å²) in [5, 5.41) is 20.2. The van der Waals surface area contributed by atoms with E-state index in [1.165, 1.54) is 18.2 Å². The van der Waals surface area contributed by atoms with Crippen LogP contribution in [-0.2, 0) is 4.84 Å². The van der Waals surface area contributed by atoms with Gasteiger partial charge in [0.25, 0.3) is 5.91 Å². The topological polar surface area (TPSA) is 90.8 Å². The Morgan fingerprint density at radius 2 is 1.96 bits per heavy atom. The fraction of sp³-hybridized carbons (Fsp3) is 0.188. The predicted octanol–water partition coefficient (Wildman–Crippen LogP) is 3.23. The highest BCUT2D eigenvalue weighted by atomic mass is 127. The van der Waals surface area contributed by atoms with Crippen LogP contribution < -0.4 is 10.8 Å². The first-order chi connectivity index (χ1) is 12.7. The number of carbonyl (C=O) groups excluding carboxylic acids is 1. The Hall–Kier alpha value is -1.41. The maximum atomic E-state index is 14.4. The van der Waals surface area contributed by atoms with Gasteiger partial charge in [-0.1, -0.05) is 0 Å². The lowest BCUT2D eigenvalue weighted by Crippen LogP contribution is -2.30. The zero-order chi connectivity index (χ0) is 20.1. The molecule has 11 heteroatoms. The van der Waals surface area contributed by atoms with Gasteiger partial charge >= 0.3 is 0 Å². The van der Waals surface area contributed by atoms with Gasteiger partial charge in [-0.05, 0) is 62.8 Å². The molecule has 27 heavy (non-hydrogen) atoms. The molecule has 2 aromatic carbocycles. The van der Waals surface area contributed by atoms with Gasteiger partial charge in [0.2, 0.25) is 0 Å². The SMILES string of the molecule is O=C(NOC[C@@H](O)CO)c1cc(Br)c(F)c(F)c1Nc1ccc(I)cc1F. The van der Waals surface area contributed by atoms with E-state index in [1.54, 1.807) is 0 Å². The summed E-state index contributed by atoms with van der Waals surface area (Å²) in [6.07, 6.45) is -1.24. The van der Waals surface area contributed by atoms with Crippen molar-refractivity contribution in [2.45, 2.75) is 6.10 Å². The van der Waals surface area contributed by atoms with E-state index in [2.05, 4.69) is 21.2 Å². The maximum absolute atomic E-state index is 14.4. The number of rotatable bonds is 7. The van der Waals surface area contributed by atoms with Gasteiger partial charge in [0.1, 0.15) is 18.5 Å². The highest BCUT2D eigenvalue weighted by Crippen LogP contribution is 2.32. The molecule has 4 N–H and O–H groups in total. The molecule has 2 rings (SSSR count). The van der Waals surface area contributed by atoms with Crippen LogP contribution in [0.1, 0.15) is 10.4 Å². The Kier molecular flexibility index (Phi) is 7.85. The van der Waals surface area contributed by atoms with Crippen LogP contribution in [0.5, 0.6) is 0 Å². The summed E-state index contributed by atoms with van der Waals surface area (Å²) >= 11 is 4.68. The second-order valence-electron chi connectivity index (χ2n) is 5.24. The summed E-state index contributed by atoms with van der Waals surface area (Å²) in [6.45, 7) is -1.02. The van der Waals surface area contributed by atoms with Gasteiger partial charge in [-0.25, -0.2) is 18.7 Å². The molecule has 0 aliphatic carbocycles. The lowest BCUT2D eigenvalue weighted by molar-refractivity contribution is -0.0295. The van der Waals surface area contributed by atoms with Crippen LogP contribution in [0.15, 0.2) is 28.7 Å². The van der Waals surface area contributed by atoms with Crippen molar-refractivity contribution in [2.75, 3.05) is 18.5 Å². The van der Waals surface area contributed by atoms with Gasteiger partial charge in [-0.15, -0.1) is 0 Å². The second-order valence-corrected chi connectivity index (χ2v) is 7.34. The van der Waals surface area contributed by atoms with Gasteiger partial charge in [-0.2, -0.15) is 0 Å². The van der Waals surface area contributed by atoms with Crippen molar-refractivity contribution >= 4 is 55.8 Å². The number of halogens is 5. The van der Waals surface area contributed by atoms with Crippen LogP contribution >= 0.6 is 38.5 Å². The number of hydroxylamine groups is 1. The minimum absolute atomic E-state index is 0.165. The average molecular weight is 561 g/mol. The normalized spacial score (nSPS) is 12.0. The van der Waals surface area contributed by atoms with Crippen LogP contribution in [0.3, 0.4) is 0 Å². The Morgan fingerprint density at radius 1 is 1.26 bits per heavy atom. The molecule has 0 unspecified atom stereocenters. The van der Waals surface area contributed by atoms with Crippen molar-refractivity contribution in [3.8, 4) is 0 Å². The standard InChI is InChI=1S/C16H13BrF3IN2O4/c17-10-4-9(16(26)23-27-6-8(25)5-24)15(14(20)13(10)19)22-12-2-1-7(21)3-11(12)18/h1-4,8,22,24-25H,5-6H2,(H,23,26)/t8-/m0/s1. The fourth-order valence-corrected chi connectivity index (χ4v) is 2.79. The number of aliphatic hydroxyl groups is 2. The molecule has 1 atom stereocenters. The molecule has 0 radical (unpaired) electrons. The second kappa shape index (κ2) is 9.68. The Balaban J connectivity index is 2.34. The largest absolute Gasteiger partial charge is 0.394 e. The maximum Gasteiger partial charge on any atom is 0.277 e. The monoisotopic (exact) mass is 560 g/mol. The quantitative estimate of drug-likeness (QED) is 0.237. The third-order valence-corrected chi connectivity index (χ3v) is 4.50. The minimum Gasteiger partial charge on any atom is -0.394 e. The van der Waals surface area contributed by atoms with Crippen molar-refractivity contribution in [1.82, 2.24) is 5.48 Å². The van der Waals surface area contributed by atoms with E-state index in [4.69, 9.17) is 9.94 Å². The van der Waals surface area contributed by atoms with Crippen molar-refractivity contribution < 1.29 is 33.0 Å². The van der Waals surface area contributed by atoms with E-state index in [0.29, 0.717) is 3.57 Å². The van der Waals surface area contributed by atoms with E-state index in [1.807, 2.05) is 28.1 Å². The van der Waals surface area contributed by atoms with E-state index in [-0.39, 0.29) is 15.7 Å². The molecule has 1 amide bonds. The van der Waals surface area contributed by atoms with Crippen LogP contribution in [0, 0.1) is 21.0 Å². The van der Waals surface area contributed by atoms with E-state index in [9.17, 15) is 23.1 Å². The summed E-state index contributed by atoms with van der Waals surface area (Å²) in [6, 6.07) is 5.02. The molecule has 0 heterocycles. The molecule has 6 nitrogen and oxygen atoms in total. The molecule has 0 saturated carbocycles. The first-order valence-electron chi connectivity index (χ1n) is 7.35. The van der Waals surface area contributed by atoms with E-state index < -0.39 is 48.4 Å². The molecule has 0 bridgehead atoms. The third-order valence-electron chi connectivity index (χ3n) is 3.25. The van der Waals surface area contributed by atoms with Gasteiger partial charge in [-0.3, -0.25) is 9.63 Å². The van der Waals surface area contributed by atoms with Crippen LogP contribution in [0.25, 0.3) is 0 Å². The highest BCUT2D eigenvalue weighted by molar-refractivity contribution is 14.1. The predicted molar refractivity (Wildman–Crippen MR) is 103 cm³/mol. The minimum atomic E-state index is -1.40. The average Bonchev–Trinajstić information content (AvgIpc) is 2.63. The molecular formula is C16H13BrF3IN2O4.